The number of hydrogen-bond acceptors (Lipinski definition) is 7. The lowest BCUT2D eigenvalue weighted by atomic mass is 9.83. The molecule has 1 atom stereocenters. The molecule has 0 saturated carbocycles. The summed E-state index contributed by atoms with van der Waals surface area (Å²) in [6.07, 6.45) is 0. The predicted molar refractivity (Wildman–Crippen MR) is 93.5 cm³/mol. The highest BCUT2D eigenvalue weighted by Gasteiger charge is 2.32. The standard InChI is InChI=1S/C19H18N2O5/c1-23-15-6-10(7-16(24-2)18(15)25-3)17-12-5-4-11(22)8-14(12)26-19(21)13(17)9-20/h4-8,17,22H,21H2,1-3H3/t17-/m0/s1. The van der Waals surface area contributed by atoms with Crippen LogP contribution >= 0.6 is 0 Å². The number of nitriles is 1. The van der Waals surface area contributed by atoms with E-state index in [2.05, 4.69) is 6.07 Å². The minimum Gasteiger partial charge on any atom is -0.508 e. The van der Waals surface area contributed by atoms with E-state index in [1.807, 2.05) is 0 Å². The number of fused-ring (bicyclic) bond motifs is 1. The number of benzene rings is 2. The molecule has 0 spiro atoms. The molecular weight excluding hydrogens is 336 g/mol. The van der Waals surface area contributed by atoms with Gasteiger partial charge in [0, 0.05) is 11.6 Å². The predicted octanol–water partition coefficient (Wildman–Crippen LogP) is 2.64. The first-order valence-electron chi connectivity index (χ1n) is 7.74. The molecule has 0 aromatic heterocycles. The topological polar surface area (TPSA) is 107 Å². The zero-order chi connectivity index (χ0) is 18.8. The summed E-state index contributed by atoms with van der Waals surface area (Å²) in [5.74, 6) is 1.30. The first-order valence-corrected chi connectivity index (χ1v) is 7.74. The molecule has 134 valence electrons. The molecule has 2 aromatic carbocycles. The maximum atomic E-state index is 9.73. The van der Waals surface area contributed by atoms with Gasteiger partial charge in [-0.2, -0.15) is 5.26 Å². The number of hydrogen-bond donors (Lipinski definition) is 2. The highest BCUT2D eigenvalue weighted by molar-refractivity contribution is 5.62. The summed E-state index contributed by atoms with van der Waals surface area (Å²) in [6, 6.07) is 10.3. The number of aromatic hydroxyl groups is 1. The van der Waals surface area contributed by atoms with Gasteiger partial charge in [-0.1, -0.05) is 6.07 Å². The van der Waals surface area contributed by atoms with Crippen molar-refractivity contribution in [1.82, 2.24) is 0 Å². The molecule has 0 fully saturated rings. The van der Waals surface area contributed by atoms with Gasteiger partial charge in [0.2, 0.25) is 11.6 Å². The van der Waals surface area contributed by atoms with E-state index in [-0.39, 0.29) is 17.2 Å². The van der Waals surface area contributed by atoms with Crippen LogP contribution in [0.3, 0.4) is 0 Å². The van der Waals surface area contributed by atoms with Crippen LogP contribution in [0.15, 0.2) is 41.8 Å². The molecule has 1 heterocycles. The maximum Gasteiger partial charge on any atom is 0.205 e. The summed E-state index contributed by atoms with van der Waals surface area (Å²) in [7, 11) is 4.56. The molecule has 7 heteroatoms. The lowest BCUT2D eigenvalue weighted by molar-refractivity contribution is 0.323. The summed E-state index contributed by atoms with van der Waals surface area (Å²) < 4.78 is 21.7. The molecule has 2 aromatic rings. The van der Waals surface area contributed by atoms with Gasteiger partial charge in [0.05, 0.1) is 27.2 Å². The first-order chi connectivity index (χ1) is 12.5. The summed E-state index contributed by atoms with van der Waals surface area (Å²) in [5, 5.41) is 19.4. The van der Waals surface area contributed by atoms with E-state index < -0.39 is 5.92 Å². The third-order valence-electron chi connectivity index (χ3n) is 4.22. The van der Waals surface area contributed by atoms with E-state index in [1.54, 1.807) is 18.2 Å². The SMILES string of the molecule is COc1cc([C@@H]2C(C#N)=C(N)Oc3cc(O)ccc32)cc(OC)c1OC. The fourth-order valence-electron chi connectivity index (χ4n) is 3.06. The Labute approximate surface area is 150 Å². The van der Waals surface area contributed by atoms with Gasteiger partial charge in [-0.3, -0.25) is 0 Å². The second-order valence-electron chi connectivity index (χ2n) is 5.61. The number of allylic oxidation sites excluding steroid dienone is 1. The molecule has 26 heavy (non-hydrogen) atoms. The third kappa shape index (κ3) is 2.71. The smallest absolute Gasteiger partial charge is 0.205 e. The van der Waals surface area contributed by atoms with Crippen LogP contribution in [0.2, 0.25) is 0 Å². The minimum absolute atomic E-state index is 0.00986. The fourth-order valence-corrected chi connectivity index (χ4v) is 3.06. The lowest BCUT2D eigenvalue weighted by Crippen LogP contribution is -2.21. The quantitative estimate of drug-likeness (QED) is 0.869. The highest BCUT2D eigenvalue weighted by Crippen LogP contribution is 2.47. The Kier molecular flexibility index (Phi) is 4.50. The van der Waals surface area contributed by atoms with Gasteiger partial charge in [-0.05, 0) is 23.8 Å². The largest absolute Gasteiger partial charge is 0.508 e. The Morgan fingerprint density at radius 2 is 1.73 bits per heavy atom. The zero-order valence-corrected chi connectivity index (χ0v) is 14.6. The second kappa shape index (κ2) is 6.76. The Bertz CT molecular complexity index is 905. The summed E-state index contributed by atoms with van der Waals surface area (Å²) >= 11 is 0. The van der Waals surface area contributed by atoms with E-state index in [4.69, 9.17) is 24.7 Å². The molecular formula is C19H18N2O5. The molecule has 0 bridgehead atoms. The van der Waals surface area contributed by atoms with Gasteiger partial charge in [0.15, 0.2) is 11.5 Å². The third-order valence-corrected chi connectivity index (χ3v) is 4.22. The van der Waals surface area contributed by atoms with Crippen molar-refractivity contribution in [2.24, 2.45) is 5.73 Å². The van der Waals surface area contributed by atoms with Crippen molar-refractivity contribution in [2.75, 3.05) is 21.3 Å². The second-order valence-corrected chi connectivity index (χ2v) is 5.61. The molecule has 0 amide bonds. The van der Waals surface area contributed by atoms with Gasteiger partial charge < -0.3 is 29.8 Å². The van der Waals surface area contributed by atoms with Crippen LogP contribution < -0.4 is 24.7 Å². The number of methoxy groups -OCH3 is 3. The molecule has 3 rings (SSSR count). The normalized spacial score (nSPS) is 15.5. The number of phenols is 1. The Hall–Kier alpha value is -3.53. The molecule has 1 aliphatic heterocycles. The average molecular weight is 354 g/mol. The zero-order valence-electron chi connectivity index (χ0n) is 14.6. The summed E-state index contributed by atoms with van der Waals surface area (Å²) in [4.78, 5) is 0. The van der Waals surface area contributed by atoms with Crippen molar-refractivity contribution in [3.63, 3.8) is 0 Å². The molecule has 0 unspecified atom stereocenters. The Morgan fingerprint density at radius 3 is 2.27 bits per heavy atom. The number of ether oxygens (including phenoxy) is 4. The van der Waals surface area contributed by atoms with E-state index in [0.717, 1.165) is 0 Å². The van der Waals surface area contributed by atoms with Crippen molar-refractivity contribution in [2.45, 2.75) is 5.92 Å². The highest BCUT2D eigenvalue weighted by atomic mass is 16.5. The maximum absolute atomic E-state index is 9.73. The number of rotatable bonds is 4. The first kappa shape index (κ1) is 17.3. The van der Waals surface area contributed by atoms with Crippen molar-refractivity contribution in [3.8, 4) is 34.8 Å². The molecule has 1 aliphatic rings. The van der Waals surface area contributed by atoms with Crippen LogP contribution in [0, 0.1) is 11.3 Å². The lowest BCUT2D eigenvalue weighted by Gasteiger charge is -2.27. The molecule has 0 radical (unpaired) electrons. The van der Waals surface area contributed by atoms with Crippen LogP contribution in [0.4, 0.5) is 0 Å². The molecule has 7 nitrogen and oxygen atoms in total. The van der Waals surface area contributed by atoms with Crippen LogP contribution in [-0.2, 0) is 0 Å². The van der Waals surface area contributed by atoms with Gasteiger partial charge in [-0.25, -0.2) is 0 Å². The van der Waals surface area contributed by atoms with Gasteiger partial charge >= 0.3 is 0 Å². The van der Waals surface area contributed by atoms with Crippen molar-refractivity contribution in [3.05, 3.63) is 52.9 Å². The van der Waals surface area contributed by atoms with Crippen molar-refractivity contribution in [1.29, 1.82) is 5.26 Å². The monoisotopic (exact) mass is 354 g/mol. The van der Waals surface area contributed by atoms with E-state index in [0.29, 0.717) is 34.1 Å². The molecule has 0 saturated heterocycles. The van der Waals surface area contributed by atoms with Crippen LogP contribution in [0.25, 0.3) is 0 Å². The van der Waals surface area contributed by atoms with Gasteiger partial charge in [0.25, 0.3) is 0 Å². The van der Waals surface area contributed by atoms with Crippen LogP contribution in [0.1, 0.15) is 17.0 Å². The summed E-state index contributed by atoms with van der Waals surface area (Å²) in [5.41, 5.74) is 7.62. The molecule has 0 aliphatic carbocycles. The average Bonchev–Trinajstić information content (AvgIpc) is 2.65. The van der Waals surface area contributed by atoms with Gasteiger partial charge in [-0.15, -0.1) is 0 Å². The number of nitrogens with two attached hydrogens (primary N) is 1. The van der Waals surface area contributed by atoms with Gasteiger partial charge in [0.1, 0.15) is 23.1 Å². The molecule has 3 N–H and O–H groups in total. The summed E-state index contributed by atoms with van der Waals surface area (Å²) in [6.45, 7) is 0. The van der Waals surface area contributed by atoms with Crippen LogP contribution in [0.5, 0.6) is 28.7 Å². The van der Waals surface area contributed by atoms with E-state index in [9.17, 15) is 10.4 Å². The fraction of sp³-hybridized carbons (Fsp3) is 0.211. The van der Waals surface area contributed by atoms with E-state index >= 15 is 0 Å². The van der Waals surface area contributed by atoms with Crippen molar-refractivity contribution < 1.29 is 24.1 Å². The number of nitrogens with zero attached hydrogens (tertiary/aromatic N) is 1. The van der Waals surface area contributed by atoms with Crippen LogP contribution in [-0.4, -0.2) is 26.4 Å². The number of phenolic OH excluding ortho intramolecular Hbond substituents is 1. The van der Waals surface area contributed by atoms with Crippen molar-refractivity contribution >= 4 is 0 Å². The van der Waals surface area contributed by atoms with E-state index in [1.165, 1.54) is 33.5 Å². The Balaban J connectivity index is 2.26. The Morgan fingerprint density at radius 1 is 1.08 bits per heavy atom. The minimum atomic E-state index is -0.502.